The van der Waals surface area contributed by atoms with Gasteiger partial charge >= 0.3 is 0 Å². The molecule has 0 saturated carbocycles. The highest BCUT2D eigenvalue weighted by Gasteiger charge is 2.16. The fraction of sp³-hybridized carbons (Fsp3) is 0.588. The van der Waals surface area contributed by atoms with Crippen LogP contribution in [0.2, 0.25) is 0 Å². The summed E-state index contributed by atoms with van der Waals surface area (Å²) in [5.74, 6) is 1.29. The minimum Gasteiger partial charge on any atom is -0.494 e. The van der Waals surface area contributed by atoms with Crippen molar-refractivity contribution in [1.82, 2.24) is 5.32 Å². The Morgan fingerprint density at radius 3 is 2.62 bits per heavy atom. The molecule has 4 heteroatoms. The molecule has 0 aliphatic rings. The van der Waals surface area contributed by atoms with E-state index >= 15 is 0 Å². The van der Waals surface area contributed by atoms with E-state index in [9.17, 15) is 4.79 Å². The van der Waals surface area contributed by atoms with Crippen molar-refractivity contribution in [2.75, 3.05) is 13.2 Å². The molecule has 0 heterocycles. The molecule has 0 aliphatic carbocycles. The number of benzene rings is 1. The van der Waals surface area contributed by atoms with E-state index in [4.69, 9.17) is 4.74 Å². The van der Waals surface area contributed by atoms with Crippen molar-refractivity contribution in [1.29, 1.82) is 0 Å². The molecule has 3 nitrogen and oxygen atoms in total. The van der Waals surface area contributed by atoms with E-state index < -0.39 is 0 Å². The summed E-state index contributed by atoms with van der Waals surface area (Å²) in [5.41, 5.74) is 0.646. The highest BCUT2D eigenvalue weighted by Crippen LogP contribution is 2.20. The molecule has 1 N–H and O–H groups in total. The largest absolute Gasteiger partial charge is 0.494 e. The number of carbonyl (C=O) groups is 1. The van der Waals surface area contributed by atoms with E-state index in [2.05, 4.69) is 42.0 Å². The molecule has 0 bridgehead atoms. The van der Waals surface area contributed by atoms with Gasteiger partial charge in [0.25, 0.3) is 5.91 Å². The second-order valence-corrected chi connectivity index (χ2v) is 6.36. The number of amides is 1. The van der Waals surface area contributed by atoms with Crippen LogP contribution in [-0.2, 0) is 0 Å². The molecule has 1 atom stereocenters. The quantitative estimate of drug-likeness (QED) is 0.666. The zero-order valence-electron chi connectivity index (χ0n) is 13.2. The van der Waals surface area contributed by atoms with E-state index in [1.807, 2.05) is 18.2 Å². The molecule has 0 fully saturated rings. The fourth-order valence-corrected chi connectivity index (χ4v) is 3.12. The standard InChI is InChI=1S/C17H26BrNO2/c1-4-10-21-15-9-7-8-14(11-15)17(20)19-12-16(18)13(5-2)6-3/h7-9,11,13,16H,4-6,10,12H2,1-3H3,(H,19,20). The maximum absolute atomic E-state index is 12.2. The number of alkyl halides is 1. The van der Waals surface area contributed by atoms with Crippen molar-refractivity contribution in [3.8, 4) is 5.75 Å². The SMILES string of the molecule is CCCOc1cccc(C(=O)NCC(Br)C(CC)CC)c1. The Labute approximate surface area is 136 Å². The van der Waals surface area contributed by atoms with Gasteiger partial charge in [-0.25, -0.2) is 0 Å². The topological polar surface area (TPSA) is 38.3 Å². The van der Waals surface area contributed by atoms with E-state index in [-0.39, 0.29) is 5.91 Å². The van der Waals surface area contributed by atoms with Crippen LogP contribution in [0.15, 0.2) is 24.3 Å². The average molecular weight is 356 g/mol. The van der Waals surface area contributed by atoms with Gasteiger partial charge in [-0.15, -0.1) is 0 Å². The van der Waals surface area contributed by atoms with Gasteiger partial charge < -0.3 is 10.1 Å². The minimum atomic E-state index is -0.0487. The summed E-state index contributed by atoms with van der Waals surface area (Å²) >= 11 is 3.68. The van der Waals surface area contributed by atoms with Gasteiger partial charge in [0.2, 0.25) is 0 Å². The normalized spacial score (nSPS) is 12.2. The van der Waals surface area contributed by atoms with E-state index in [1.165, 1.54) is 0 Å². The van der Waals surface area contributed by atoms with Crippen LogP contribution in [0, 0.1) is 5.92 Å². The molecule has 0 aromatic heterocycles. The lowest BCUT2D eigenvalue weighted by molar-refractivity contribution is 0.0951. The van der Waals surface area contributed by atoms with Crippen molar-refractivity contribution < 1.29 is 9.53 Å². The van der Waals surface area contributed by atoms with E-state index in [1.54, 1.807) is 6.07 Å². The highest BCUT2D eigenvalue weighted by molar-refractivity contribution is 9.09. The third kappa shape index (κ3) is 6.08. The molecule has 21 heavy (non-hydrogen) atoms. The zero-order chi connectivity index (χ0) is 15.7. The lowest BCUT2D eigenvalue weighted by Gasteiger charge is -2.20. The number of carbonyl (C=O) groups excluding carboxylic acids is 1. The lowest BCUT2D eigenvalue weighted by atomic mass is 9.99. The second-order valence-electron chi connectivity index (χ2n) is 5.18. The maximum atomic E-state index is 12.2. The summed E-state index contributed by atoms with van der Waals surface area (Å²) in [6.45, 7) is 7.73. The third-order valence-corrected chi connectivity index (χ3v) is 4.66. The Morgan fingerprint density at radius 1 is 1.29 bits per heavy atom. The monoisotopic (exact) mass is 355 g/mol. The third-order valence-electron chi connectivity index (χ3n) is 3.59. The van der Waals surface area contributed by atoms with Crippen molar-refractivity contribution in [2.45, 2.75) is 44.9 Å². The molecule has 1 rings (SSSR count). The molecule has 0 saturated heterocycles. The first-order valence-corrected chi connectivity index (χ1v) is 8.69. The van der Waals surface area contributed by atoms with Crippen LogP contribution >= 0.6 is 15.9 Å². The molecule has 1 aromatic carbocycles. The number of ether oxygens (including phenoxy) is 1. The molecule has 0 radical (unpaired) electrons. The first kappa shape index (κ1) is 18.0. The number of hydrogen-bond donors (Lipinski definition) is 1. The zero-order valence-corrected chi connectivity index (χ0v) is 14.8. The maximum Gasteiger partial charge on any atom is 0.251 e. The summed E-state index contributed by atoms with van der Waals surface area (Å²) in [7, 11) is 0. The Kier molecular flexibility index (Phi) is 8.43. The van der Waals surface area contributed by atoms with Gasteiger partial charge in [-0.2, -0.15) is 0 Å². The van der Waals surface area contributed by atoms with Crippen LogP contribution in [0.5, 0.6) is 5.75 Å². The first-order valence-electron chi connectivity index (χ1n) is 7.77. The van der Waals surface area contributed by atoms with E-state index in [0.717, 1.165) is 25.0 Å². The van der Waals surface area contributed by atoms with Crippen molar-refractivity contribution in [3.63, 3.8) is 0 Å². The fourth-order valence-electron chi connectivity index (χ4n) is 2.21. The summed E-state index contributed by atoms with van der Waals surface area (Å²) in [5, 5.41) is 2.99. The van der Waals surface area contributed by atoms with Gasteiger partial charge in [0.1, 0.15) is 5.75 Å². The summed E-state index contributed by atoms with van der Waals surface area (Å²) in [6.07, 6.45) is 3.18. The molecule has 0 aliphatic heterocycles. The van der Waals surface area contributed by atoms with Gasteiger partial charge in [0, 0.05) is 16.9 Å². The Balaban J connectivity index is 2.55. The van der Waals surface area contributed by atoms with Gasteiger partial charge in [0.05, 0.1) is 6.61 Å². The molecule has 1 amide bonds. The van der Waals surface area contributed by atoms with Gasteiger partial charge in [0.15, 0.2) is 0 Å². The van der Waals surface area contributed by atoms with Crippen LogP contribution in [0.3, 0.4) is 0 Å². The molecular formula is C17H26BrNO2. The number of halogens is 1. The highest BCUT2D eigenvalue weighted by atomic mass is 79.9. The van der Waals surface area contributed by atoms with E-state index in [0.29, 0.717) is 29.5 Å². The van der Waals surface area contributed by atoms with Gasteiger partial charge in [-0.05, 0) is 30.5 Å². The molecular weight excluding hydrogens is 330 g/mol. The smallest absolute Gasteiger partial charge is 0.251 e. The second kappa shape index (κ2) is 9.82. The summed E-state index contributed by atoms with van der Waals surface area (Å²) in [4.78, 5) is 12.5. The van der Waals surface area contributed by atoms with Crippen LogP contribution in [0.25, 0.3) is 0 Å². The number of nitrogens with one attached hydrogen (secondary N) is 1. The summed E-state index contributed by atoms with van der Waals surface area (Å²) < 4.78 is 5.56. The lowest BCUT2D eigenvalue weighted by Crippen LogP contribution is -2.32. The number of rotatable bonds is 9. The Morgan fingerprint density at radius 2 is 2.00 bits per heavy atom. The minimum absolute atomic E-state index is 0.0487. The van der Waals surface area contributed by atoms with Crippen molar-refractivity contribution >= 4 is 21.8 Å². The molecule has 1 unspecified atom stereocenters. The van der Waals surface area contributed by atoms with Crippen molar-refractivity contribution in [3.05, 3.63) is 29.8 Å². The van der Waals surface area contributed by atoms with Gasteiger partial charge in [-0.1, -0.05) is 55.6 Å². The number of hydrogen-bond acceptors (Lipinski definition) is 2. The van der Waals surface area contributed by atoms with Crippen LogP contribution < -0.4 is 10.1 Å². The first-order chi connectivity index (χ1) is 10.1. The molecule has 0 spiro atoms. The molecule has 118 valence electrons. The average Bonchev–Trinajstić information content (AvgIpc) is 2.52. The van der Waals surface area contributed by atoms with Gasteiger partial charge in [-0.3, -0.25) is 4.79 Å². The predicted octanol–water partition coefficient (Wildman–Crippen LogP) is 4.40. The van der Waals surface area contributed by atoms with Crippen LogP contribution in [0.4, 0.5) is 0 Å². The Bertz CT molecular complexity index is 433. The molecule has 1 aromatic rings. The van der Waals surface area contributed by atoms with Crippen molar-refractivity contribution in [2.24, 2.45) is 5.92 Å². The Hall–Kier alpha value is -1.03. The summed E-state index contributed by atoms with van der Waals surface area (Å²) in [6, 6.07) is 7.34. The van der Waals surface area contributed by atoms with Crippen LogP contribution in [0.1, 0.15) is 50.4 Å². The van der Waals surface area contributed by atoms with Crippen LogP contribution in [-0.4, -0.2) is 23.9 Å². The predicted molar refractivity (Wildman–Crippen MR) is 91.3 cm³/mol.